The summed E-state index contributed by atoms with van der Waals surface area (Å²) in [6.45, 7) is 11.6. The lowest BCUT2D eigenvalue weighted by Crippen LogP contribution is -2.27. The lowest BCUT2D eigenvalue weighted by atomic mass is 9.96. The summed E-state index contributed by atoms with van der Waals surface area (Å²) in [6, 6.07) is 7.69. The molecule has 0 saturated heterocycles. The van der Waals surface area contributed by atoms with Gasteiger partial charge in [-0.15, -0.1) is 0 Å². The van der Waals surface area contributed by atoms with E-state index >= 15 is 0 Å². The van der Waals surface area contributed by atoms with E-state index in [0.717, 1.165) is 17.7 Å². The number of hydrogen-bond acceptors (Lipinski definition) is 3. The van der Waals surface area contributed by atoms with E-state index in [1.807, 2.05) is 65.8 Å². The molecule has 0 N–H and O–H groups in total. The molecule has 0 aliphatic rings. The van der Waals surface area contributed by atoms with Gasteiger partial charge in [0.1, 0.15) is 11.4 Å². The number of hydrogen-bond donors (Lipinski definition) is 0. The van der Waals surface area contributed by atoms with Crippen LogP contribution in [0.5, 0.6) is 5.75 Å². The Kier molecular flexibility index (Phi) is 5.61. The zero-order valence-electron chi connectivity index (χ0n) is 13.4. The van der Waals surface area contributed by atoms with Crippen molar-refractivity contribution in [3.63, 3.8) is 0 Å². The van der Waals surface area contributed by atoms with Crippen LogP contribution in [0.25, 0.3) is 0 Å². The zero-order chi connectivity index (χ0) is 15.3. The van der Waals surface area contributed by atoms with Gasteiger partial charge in [0.25, 0.3) is 0 Å². The SMILES string of the molecule is CCC(C(=O)OC(C)(C)C)c1ccc(OC(C)C)cc1. The van der Waals surface area contributed by atoms with Gasteiger partial charge in [0.05, 0.1) is 12.0 Å². The Labute approximate surface area is 122 Å². The second-order valence-corrected chi connectivity index (χ2v) is 6.23. The fourth-order valence-electron chi connectivity index (χ4n) is 1.96. The Morgan fingerprint density at radius 1 is 1.15 bits per heavy atom. The van der Waals surface area contributed by atoms with Crippen molar-refractivity contribution in [2.75, 3.05) is 0 Å². The molecule has 0 heterocycles. The second-order valence-electron chi connectivity index (χ2n) is 6.23. The third-order valence-electron chi connectivity index (χ3n) is 2.75. The van der Waals surface area contributed by atoms with Gasteiger partial charge in [-0.05, 0) is 58.7 Å². The fraction of sp³-hybridized carbons (Fsp3) is 0.588. The first-order valence-corrected chi connectivity index (χ1v) is 7.22. The second kappa shape index (κ2) is 6.78. The van der Waals surface area contributed by atoms with Gasteiger partial charge in [0.2, 0.25) is 0 Å². The van der Waals surface area contributed by atoms with Crippen molar-refractivity contribution in [3.05, 3.63) is 29.8 Å². The van der Waals surface area contributed by atoms with Crippen molar-refractivity contribution >= 4 is 5.97 Å². The number of carbonyl (C=O) groups is 1. The van der Waals surface area contributed by atoms with E-state index in [0.29, 0.717) is 0 Å². The summed E-state index contributed by atoms with van der Waals surface area (Å²) in [6.07, 6.45) is 0.868. The smallest absolute Gasteiger partial charge is 0.313 e. The van der Waals surface area contributed by atoms with Crippen LogP contribution in [0.3, 0.4) is 0 Å². The third-order valence-corrected chi connectivity index (χ3v) is 2.75. The van der Waals surface area contributed by atoms with Crippen LogP contribution in [0.2, 0.25) is 0 Å². The lowest BCUT2D eigenvalue weighted by molar-refractivity contribution is -0.156. The highest BCUT2D eigenvalue weighted by molar-refractivity contribution is 5.78. The van der Waals surface area contributed by atoms with E-state index in [-0.39, 0.29) is 18.0 Å². The van der Waals surface area contributed by atoms with Crippen LogP contribution in [-0.2, 0) is 9.53 Å². The topological polar surface area (TPSA) is 35.5 Å². The van der Waals surface area contributed by atoms with Crippen LogP contribution in [0, 0.1) is 0 Å². The van der Waals surface area contributed by atoms with Crippen molar-refractivity contribution in [1.82, 2.24) is 0 Å². The summed E-state index contributed by atoms with van der Waals surface area (Å²) >= 11 is 0. The summed E-state index contributed by atoms with van der Waals surface area (Å²) < 4.78 is 11.1. The maximum Gasteiger partial charge on any atom is 0.313 e. The van der Waals surface area contributed by atoms with Crippen LogP contribution in [0.4, 0.5) is 0 Å². The van der Waals surface area contributed by atoms with Crippen molar-refractivity contribution in [3.8, 4) is 5.75 Å². The number of benzene rings is 1. The molecule has 112 valence electrons. The summed E-state index contributed by atoms with van der Waals surface area (Å²) in [5.74, 6) is 0.433. The molecule has 1 atom stereocenters. The Morgan fingerprint density at radius 3 is 2.10 bits per heavy atom. The molecule has 0 fully saturated rings. The van der Waals surface area contributed by atoms with Crippen molar-refractivity contribution in [2.24, 2.45) is 0 Å². The van der Waals surface area contributed by atoms with E-state index in [4.69, 9.17) is 9.47 Å². The van der Waals surface area contributed by atoms with Gasteiger partial charge in [0, 0.05) is 0 Å². The third kappa shape index (κ3) is 5.24. The molecule has 3 nitrogen and oxygen atoms in total. The predicted molar refractivity (Wildman–Crippen MR) is 81.1 cm³/mol. The molecule has 0 amide bonds. The van der Waals surface area contributed by atoms with E-state index in [9.17, 15) is 4.79 Å². The molecular formula is C17H26O3. The van der Waals surface area contributed by atoms with Crippen molar-refractivity contribution < 1.29 is 14.3 Å². The minimum absolute atomic E-state index is 0.147. The molecule has 1 rings (SSSR count). The minimum atomic E-state index is -0.453. The molecule has 0 bridgehead atoms. The first kappa shape index (κ1) is 16.5. The first-order valence-electron chi connectivity index (χ1n) is 7.22. The Hall–Kier alpha value is -1.51. The van der Waals surface area contributed by atoms with E-state index < -0.39 is 5.60 Å². The number of carbonyl (C=O) groups excluding carboxylic acids is 1. The normalized spacial score (nSPS) is 13.2. The van der Waals surface area contributed by atoms with Crippen LogP contribution in [-0.4, -0.2) is 17.7 Å². The molecule has 0 aromatic heterocycles. The molecule has 1 aromatic carbocycles. The zero-order valence-corrected chi connectivity index (χ0v) is 13.4. The molecule has 3 heteroatoms. The molecule has 1 aromatic rings. The number of esters is 1. The van der Waals surface area contributed by atoms with Crippen molar-refractivity contribution in [1.29, 1.82) is 0 Å². The summed E-state index contributed by atoms with van der Waals surface area (Å²) in [5.41, 5.74) is 0.517. The van der Waals surface area contributed by atoms with Gasteiger partial charge >= 0.3 is 5.97 Å². The van der Waals surface area contributed by atoms with Gasteiger partial charge in [-0.25, -0.2) is 0 Å². The van der Waals surface area contributed by atoms with Crippen LogP contribution in [0.1, 0.15) is 59.4 Å². The average molecular weight is 278 g/mol. The maximum absolute atomic E-state index is 12.2. The molecule has 0 aliphatic heterocycles. The number of rotatable bonds is 5. The maximum atomic E-state index is 12.2. The molecular weight excluding hydrogens is 252 g/mol. The average Bonchev–Trinajstić information content (AvgIpc) is 2.29. The Balaban J connectivity index is 2.82. The first-order chi connectivity index (χ1) is 9.23. The van der Waals surface area contributed by atoms with Crippen LogP contribution < -0.4 is 4.74 Å². The molecule has 0 saturated carbocycles. The molecule has 0 spiro atoms. The fourth-order valence-corrected chi connectivity index (χ4v) is 1.96. The Morgan fingerprint density at radius 2 is 1.70 bits per heavy atom. The van der Waals surface area contributed by atoms with E-state index in [1.54, 1.807) is 0 Å². The molecule has 1 unspecified atom stereocenters. The molecule has 0 radical (unpaired) electrons. The highest BCUT2D eigenvalue weighted by Crippen LogP contribution is 2.25. The van der Waals surface area contributed by atoms with Gasteiger partial charge in [-0.2, -0.15) is 0 Å². The van der Waals surface area contributed by atoms with Crippen LogP contribution in [0.15, 0.2) is 24.3 Å². The van der Waals surface area contributed by atoms with Gasteiger partial charge in [-0.1, -0.05) is 19.1 Å². The predicted octanol–water partition coefficient (Wildman–Crippen LogP) is 4.31. The summed E-state index contributed by atoms with van der Waals surface area (Å²) in [7, 11) is 0. The van der Waals surface area contributed by atoms with E-state index in [1.165, 1.54) is 0 Å². The standard InChI is InChI=1S/C17H26O3/c1-7-15(16(18)20-17(4,5)6)13-8-10-14(11-9-13)19-12(2)3/h8-12,15H,7H2,1-6H3. The minimum Gasteiger partial charge on any atom is -0.491 e. The highest BCUT2D eigenvalue weighted by atomic mass is 16.6. The van der Waals surface area contributed by atoms with Gasteiger partial charge in [-0.3, -0.25) is 4.79 Å². The van der Waals surface area contributed by atoms with Gasteiger partial charge in [0.15, 0.2) is 0 Å². The molecule has 20 heavy (non-hydrogen) atoms. The van der Waals surface area contributed by atoms with Crippen LogP contribution >= 0.6 is 0 Å². The highest BCUT2D eigenvalue weighted by Gasteiger charge is 2.25. The molecule has 0 aliphatic carbocycles. The number of ether oxygens (including phenoxy) is 2. The van der Waals surface area contributed by atoms with Gasteiger partial charge < -0.3 is 9.47 Å². The largest absolute Gasteiger partial charge is 0.491 e. The summed E-state index contributed by atoms with van der Waals surface area (Å²) in [5, 5.41) is 0. The monoisotopic (exact) mass is 278 g/mol. The lowest BCUT2D eigenvalue weighted by Gasteiger charge is -2.23. The summed E-state index contributed by atoms with van der Waals surface area (Å²) in [4.78, 5) is 12.2. The Bertz CT molecular complexity index is 427. The van der Waals surface area contributed by atoms with Crippen molar-refractivity contribution in [2.45, 2.75) is 65.6 Å². The van der Waals surface area contributed by atoms with E-state index in [2.05, 4.69) is 0 Å². The quantitative estimate of drug-likeness (QED) is 0.753.